The molecule has 1 saturated heterocycles. The van der Waals surface area contributed by atoms with Crippen LogP contribution in [0.5, 0.6) is 0 Å². The molecule has 18 heavy (non-hydrogen) atoms. The average molecular weight is 315 g/mol. The normalized spacial score (nSPS) is 17.4. The Labute approximate surface area is 115 Å². The van der Waals surface area contributed by atoms with E-state index in [4.69, 9.17) is 0 Å². The van der Waals surface area contributed by atoms with Crippen LogP contribution in [0.15, 0.2) is 15.6 Å². The van der Waals surface area contributed by atoms with Gasteiger partial charge in [-0.15, -0.1) is 0 Å². The molecule has 2 N–H and O–H groups in total. The van der Waals surface area contributed by atoms with Crippen LogP contribution < -0.4 is 10.9 Å². The first kappa shape index (κ1) is 13.5. The Kier molecular flexibility index (Phi) is 5.19. The minimum atomic E-state index is -0.151. The lowest BCUT2D eigenvalue weighted by molar-refractivity contribution is 0.296. The van der Waals surface area contributed by atoms with E-state index in [1.807, 2.05) is 0 Å². The van der Waals surface area contributed by atoms with Gasteiger partial charge in [-0.05, 0) is 41.9 Å². The SMILES string of the molecule is O=c1[nH]cnc(NCCN2CCCCCC2)c1Br. The Morgan fingerprint density at radius 1 is 1.33 bits per heavy atom. The minimum Gasteiger partial charge on any atom is -0.368 e. The van der Waals surface area contributed by atoms with Gasteiger partial charge in [0, 0.05) is 13.1 Å². The first-order valence-corrected chi connectivity index (χ1v) is 7.26. The minimum absolute atomic E-state index is 0.151. The molecule has 0 spiro atoms. The van der Waals surface area contributed by atoms with Crippen molar-refractivity contribution >= 4 is 21.7 Å². The van der Waals surface area contributed by atoms with Crippen LogP contribution in [0.1, 0.15) is 25.7 Å². The third-order valence-electron chi connectivity index (χ3n) is 3.22. The van der Waals surface area contributed by atoms with E-state index >= 15 is 0 Å². The third-order valence-corrected chi connectivity index (χ3v) is 3.95. The number of nitrogens with zero attached hydrogens (tertiary/aromatic N) is 2. The van der Waals surface area contributed by atoms with Crippen LogP contribution in [0.3, 0.4) is 0 Å². The molecule has 6 heteroatoms. The van der Waals surface area contributed by atoms with Crippen molar-refractivity contribution in [2.75, 3.05) is 31.5 Å². The van der Waals surface area contributed by atoms with Crippen LogP contribution in [-0.4, -0.2) is 41.0 Å². The van der Waals surface area contributed by atoms with Crippen LogP contribution in [0, 0.1) is 0 Å². The number of halogens is 1. The Balaban J connectivity index is 1.80. The molecule has 1 aromatic heterocycles. The Morgan fingerprint density at radius 2 is 2.06 bits per heavy atom. The molecule has 1 aliphatic rings. The van der Waals surface area contributed by atoms with Gasteiger partial charge in [0.1, 0.15) is 10.3 Å². The van der Waals surface area contributed by atoms with Gasteiger partial charge in [-0.1, -0.05) is 12.8 Å². The topological polar surface area (TPSA) is 61.0 Å². The first-order valence-electron chi connectivity index (χ1n) is 6.47. The molecule has 2 heterocycles. The standard InChI is InChI=1S/C12H19BrN4O/c13-10-11(15-9-16-12(10)18)14-5-8-17-6-3-1-2-4-7-17/h9H,1-8H2,(H2,14,15,16,18). The lowest BCUT2D eigenvalue weighted by atomic mass is 10.2. The Hall–Kier alpha value is -0.880. The fourth-order valence-electron chi connectivity index (χ4n) is 2.20. The Bertz CT molecular complexity index is 426. The van der Waals surface area contributed by atoms with Crippen molar-refractivity contribution in [3.05, 3.63) is 21.2 Å². The summed E-state index contributed by atoms with van der Waals surface area (Å²) in [7, 11) is 0. The van der Waals surface area contributed by atoms with E-state index in [1.54, 1.807) is 0 Å². The molecule has 1 fully saturated rings. The molecule has 0 amide bonds. The van der Waals surface area contributed by atoms with E-state index in [0.717, 1.165) is 13.1 Å². The lowest BCUT2D eigenvalue weighted by Gasteiger charge is -2.19. The number of aromatic nitrogens is 2. The molecule has 0 saturated carbocycles. The molecule has 1 aromatic rings. The molecule has 0 unspecified atom stereocenters. The van der Waals surface area contributed by atoms with Crippen molar-refractivity contribution in [2.45, 2.75) is 25.7 Å². The number of rotatable bonds is 4. The molecule has 1 aliphatic heterocycles. The predicted octanol–water partition coefficient (Wildman–Crippen LogP) is 1.82. The third kappa shape index (κ3) is 3.81. The van der Waals surface area contributed by atoms with E-state index < -0.39 is 0 Å². The smallest absolute Gasteiger partial charge is 0.267 e. The molecule has 0 radical (unpaired) electrons. The molecule has 5 nitrogen and oxygen atoms in total. The van der Waals surface area contributed by atoms with Crippen molar-refractivity contribution < 1.29 is 0 Å². The van der Waals surface area contributed by atoms with Gasteiger partial charge in [-0.2, -0.15) is 0 Å². The van der Waals surface area contributed by atoms with Crippen LogP contribution in [0.25, 0.3) is 0 Å². The Morgan fingerprint density at radius 3 is 2.78 bits per heavy atom. The van der Waals surface area contributed by atoms with Crippen LogP contribution in [0.2, 0.25) is 0 Å². The highest BCUT2D eigenvalue weighted by molar-refractivity contribution is 9.10. The van der Waals surface area contributed by atoms with E-state index in [2.05, 4.69) is 36.1 Å². The van der Waals surface area contributed by atoms with E-state index in [0.29, 0.717) is 10.3 Å². The quantitative estimate of drug-likeness (QED) is 0.890. The number of aromatic amines is 1. The molecular weight excluding hydrogens is 296 g/mol. The van der Waals surface area contributed by atoms with Crippen molar-refractivity contribution in [3.63, 3.8) is 0 Å². The molecule has 0 aliphatic carbocycles. The van der Waals surface area contributed by atoms with E-state index in [1.165, 1.54) is 45.1 Å². The zero-order chi connectivity index (χ0) is 12.8. The fourth-order valence-corrected chi connectivity index (χ4v) is 2.56. The summed E-state index contributed by atoms with van der Waals surface area (Å²) in [6, 6.07) is 0. The van der Waals surface area contributed by atoms with Crippen molar-refractivity contribution in [1.29, 1.82) is 0 Å². The van der Waals surface area contributed by atoms with Gasteiger partial charge in [0.15, 0.2) is 0 Å². The van der Waals surface area contributed by atoms with Crippen LogP contribution in [-0.2, 0) is 0 Å². The number of H-pyrrole nitrogens is 1. The molecule has 0 atom stereocenters. The van der Waals surface area contributed by atoms with Gasteiger partial charge >= 0.3 is 0 Å². The highest BCUT2D eigenvalue weighted by Gasteiger charge is 2.09. The van der Waals surface area contributed by atoms with Crippen molar-refractivity contribution in [3.8, 4) is 0 Å². The first-order chi connectivity index (χ1) is 8.77. The number of hydrogen-bond acceptors (Lipinski definition) is 4. The average Bonchev–Trinajstić information content (AvgIpc) is 2.63. The summed E-state index contributed by atoms with van der Waals surface area (Å²) < 4.78 is 0.473. The summed E-state index contributed by atoms with van der Waals surface area (Å²) in [4.78, 5) is 20.5. The second-order valence-electron chi connectivity index (χ2n) is 4.58. The van der Waals surface area contributed by atoms with Crippen LogP contribution in [0.4, 0.5) is 5.82 Å². The summed E-state index contributed by atoms with van der Waals surface area (Å²) in [5.74, 6) is 0.619. The summed E-state index contributed by atoms with van der Waals surface area (Å²) in [5.41, 5.74) is -0.151. The van der Waals surface area contributed by atoms with Crippen molar-refractivity contribution in [2.24, 2.45) is 0 Å². The van der Waals surface area contributed by atoms with Gasteiger partial charge in [0.25, 0.3) is 5.56 Å². The summed E-state index contributed by atoms with van der Waals surface area (Å²) in [5, 5.41) is 3.20. The maximum absolute atomic E-state index is 11.4. The van der Waals surface area contributed by atoms with Crippen LogP contribution >= 0.6 is 15.9 Å². The van der Waals surface area contributed by atoms with Gasteiger partial charge < -0.3 is 15.2 Å². The number of nitrogens with one attached hydrogen (secondary N) is 2. The largest absolute Gasteiger partial charge is 0.368 e. The van der Waals surface area contributed by atoms with Gasteiger partial charge in [0.2, 0.25) is 0 Å². The second-order valence-corrected chi connectivity index (χ2v) is 5.37. The van der Waals surface area contributed by atoms with Gasteiger partial charge in [-0.3, -0.25) is 4.79 Å². The maximum Gasteiger partial charge on any atom is 0.267 e. The number of hydrogen-bond donors (Lipinski definition) is 2. The lowest BCUT2D eigenvalue weighted by Crippen LogP contribution is -2.30. The predicted molar refractivity (Wildman–Crippen MR) is 76.0 cm³/mol. The highest BCUT2D eigenvalue weighted by atomic mass is 79.9. The molecule has 2 rings (SSSR count). The summed E-state index contributed by atoms with van der Waals surface area (Å²) in [6.07, 6.45) is 6.72. The molecular formula is C12H19BrN4O. The van der Waals surface area contributed by atoms with Crippen molar-refractivity contribution in [1.82, 2.24) is 14.9 Å². The fraction of sp³-hybridized carbons (Fsp3) is 0.667. The number of likely N-dealkylation sites (tertiary alicyclic amines) is 1. The molecule has 0 bridgehead atoms. The highest BCUT2D eigenvalue weighted by Crippen LogP contribution is 2.13. The monoisotopic (exact) mass is 314 g/mol. The van der Waals surface area contributed by atoms with Gasteiger partial charge in [-0.25, -0.2) is 4.98 Å². The zero-order valence-corrected chi connectivity index (χ0v) is 12.0. The maximum atomic E-state index is 11.4. The van der Waals surface area contributed by atoms with E-state index in [-0.39, 0.29) is 5.56 Å². The second kappa shape index (κ2) is 6.89. The molecule has 100 valence electrons. The zero-order valence-electron chi connectivity index (χ0n) is 10.4. The molecule has 0 aromatic carbocycles. The van der Waals surface area contributed by atoms with E-state index in [9.17, 15) is 4.79 Å². The summed E-state index contributed by atoms with van der Waals surface area (Å²) in [6.45, 7) is 4.19. The van der Waals surface area contributed by atoms with Gasteiger partial charge in [0.05, 0.1) is 6.33 Å². The summed E-state index contributed by atoms with van der Waals surface area (Å²) >= 11 is 3.24. The number of anilines is 1.